The molecular formula is C22H28N4O. The van der Waals surface area contributed by atoms with E-state index in [1.165, 1.54) is 0 Å². The Morgan fingerprint density at radius 2 is 1.56 bits per heavy atom. The smallest absolute Gasteiger partial charge is 0.146 e. The zero-order valence-electron chi connectivity index (χ0n) is 16.7. The number of aryl methyl sites for hydroxylation is 1. The predicted octanol–water partition coefficient (Wildman–Crippen LogP) is 4.46. The Hall–Kier alpha value is -2.40. The average molecular weight is 364 g/mol. The van der Waals surface area contributed by atoms with E-state index in [1.807, 2.05) is 30.3 Å². The molecule has 1 aliphatic heterocycles. The Morgan fingerprint density at radius 3 is 2.11 bits per heavy atom. The van der Waals surface area contributed by atoms with Gasteiger partial charge in [0.2, 0.25) is 0 Å². The minimum atomic E-state index is 0.0153. The summed E-state index contributed by atoms with van der Waals surface area (Å²) in [5, 5.41) is 24.0. The van der Waals surface area contributed by atoms with Gasteiger partial charge < -0.3 is 10.4 Å². The average Bonchev–Trinajstić information content (AvgIpc) is 2.97. The largest absolute Gasteiger partial charge is 0.505 e. The lowest BCUT2D eigenvalue weighted by atomic mass is 9.73. The fourth-order valence-electron chi connectivity index (χ4n) is 4.76. The third-order valence-electron chi connectivity index (χ3n) is 5.40. The van der Waals surface area contributed by atoms with Gasteiger partial charge in [-0.2, -0.15) is 0 Å². The SMILES string of the molecule is Cc1cc(C2CC(C)(C)NC(C)(C)C2)c(O)c(-n2nc3ccccc3n2)c1. The van der Waals surface area contributed by atoms with E-state index >= 15 is 0 Å². The van der Waals surface area contributed by atoms with Crippen molar-refractivity contribution in [2.24, 2.45) is 0 Å². The molecular weight excluding hydrogens is 336 g/mol. The van der Waals surface area contributed by atoms with Crippen molar-refractivity contribution < 1.29 is 5.11 Å². The van der Waals surface area contributed by atoms with E-state index in [-0.39, 0.29) is 17.0 Å². The van der Waals surface area contributed by atoms with Crippen LogP contribution >= 0.6 is 0 Å². The molecule has 3 aromatic rings. The number of fused-ring (bicyclic) bond motifs is 1. The van der Waals surface area contributed by atoms with Crippen LogP contribution in [-0.2, 0) is 0 Å². The normalized spacial score (nSPS) is 19.4. The zero-order chi connectivity index (χ0) is 19.4. The van der Waals surface area contributed by atoms with Crippen molar-refractivity contribution in [3.05, 3.63) is 47.5 Å². The molecule has 0 unspecified atom stereocenters. The van der Waals surface area contributed by atoms with Gasteiger partial charge in [0.05, 0.1) is 0 Å². The van der Waals surface area contributed by atoms with Gasteiger partial charge in [-0.25, -0.2) is 0 Å². The lowest BCUT2D eigenvalue weighted by Crippen LogP contribution is -2.57. The van der Waals surface area contributed by atoms with Gasteiger partial charge in [0.25, 0.3) is 0 Å². The molecule has 27 heavy (non-hydrogen) atoms. The van der Waals surface area contributed by atoms with Crippen molar-refractivity contribution in [2.75, 3.05) is 0 Å². The number of hydrogen-bond acceptors (Lipinski definition) is 4. The lowest BCUT2D eigenvalue weighted by Gasteiger charge is -2.47. The van der Waals surface area contributed by atoms with Crippen LogP contribution in [0.2, 0.25) is 0 Å². The van der Waals surface area contributed by atoms with E-state index < -0.39 is 0 Å². The summed E-state index contributed by atoms with van der Waals surface area (Å²) < 4.78 is 0. The van der Waals surface area contributed by atoms with Gasteiger partial charge in [-0.05, 0) is 82.7 Å². The van der Waals surface area contributed by atoms with Crippen molar-refractivity contribution in [1.29, 1.82) is 0 Å². The summed E-state index contributed by atoms with van der Waals surface area (Å²) in [5.41, 5.74) is 4.42. The number of aromatic nitrogens is 3. The Bertz CT molecular complexity index is 954. The molecule has 0 amide bonds. The highest BCUT2D eigenvalue weighted by Gasteiger charge is 2.39. The fraction of sp³-hybridized carbons (Fsp3) is 0.455. The van der Waals surface area contributed by atoms with Crippen molar-refractivity contribution in [3.63, 3.8) is 0 Å². The number of piperidine rings is 1. The van der Waals surface area contributed by atoms with Gasteiger partial charge in [-0.15, -0.1) is 15.0 Å². The van der Waals surface area contributed by atoms with E-state index in [0.717, 1.165) is 35.0 Å². The number of phenolic OH excluding ortho intramolecular Hbond substituents is 1. The van der Waals surface area contributed by atoms with E-state index in [2.05, 4.69) is 56.2 Å². The molecule has 0 bridgehead atoms. The van der Waals surface area contributed by atoms with Crippen LogP contribution in [0.5, 0.6) is 5.75 Å². The number of phenols is 1. The second-order valence-electron chi connectivity index (χ2n) is 9.20. The highest BCUT2D eigenvalue weighted by atomic mass is 16.3. The summed E-state index contributed by atoms with van der Waals surface area (Å²) in [7, 11) is 0. The summed E-state index contributed by atoms with van der Waals surface area (Å²) >= 11 is 0. The maximum Gasteiger partial charge on any atom is 0.146 e. The molecule has 142 valence electrons. The van der Waals surface area contributed by atoms with Crippen molar-refractivity contribution in [2.45, 2.75) is 64.5 Å². The Balaban J connectivity index is 1.81. The van der Waals surface area contributed by atoms with Crippen molar-refractivity contribution in [1.82, 2.24) is 20.3 Å². The van der Waals surface area contributed by atoms with Gasteiger partial charge in [-0.1, -0.05) is 18.2 Å². The first-order valence-electron chi connectivity index (χ1n) is 9.59. The van der Waals surface area contributed by atoms with Crippen LogP contribution < -0.4 is 5.32 Å². The summed E-state index contributed by atoms with van der Waals surface area (Å²) in [5.74, 6) is 0.569. The second kappa shape index (κ2) is 6.06. The number of hydrogen-bond donors (Lipinski definition) is 2. The van der Waals surface area contributed by atoms with Crippen LogP contribution in [-0.4, -0.2) is 31.2 Å². The number of nitrogens with zero attached hydrogens (tertiary/aromatic N) is 3. The molecule has 0 saturated carbocycles. The molecule has 0 radical (unpaired) electrons. The molecule has 2 aromatic carbocycles. The number of benzene rings is 2. The molecule has 5 nitrogen and oxygen atoms in total. The molecule has 2 heterocycles. The van der Waals surface area contributed by atoms with Gasteiger partial charge in [0, 0.05) is 11.1 Å². The maximum atomic E-state index is 11.2. The van der Waals surface area contributed by atoms with Crippen LogP contribution in [0, 0.1) is 6.92 Å². The monoisotopic (exact) mass is 364 g/mol. The van der Waals surface area contributed by atoms with Crippen LogP contribution in [0.15, 0.2) is 36.4 Å². The highest BCUT2D eigenvalue weighted by Crippen LogP contribution is 2.43. The quantitative estimate of drug-likeness (QED) is 0.705. The highest BCUT2D eigenvalue weighted by molar-refractivity contribution is 5.73. The Labute approximate surface area is 160 Å². The molecule has 0 atom stereocenters. The third-order valence-corrected chi connectivity index (χ3v) is 5.40. The molecule has 1 aliphatic rings. The number of aromatic hydroxyl groups is 1. The molecule has 2 N–H and O–H groups in total. The van der Waals surface area contributed by atoms with Gasteiger partial charge >= 0.3 is 0 Å². The Kier molecular flexibility index (Phi) is 4.04. The first-order chi connectivity index (χ1) is 12.6. The summed E-state index contributed by atoms with van der Waals surface area (Å²) in [6.07, 6.45) is 1.95. The molecule has 1 saturated heterocycles. The first kappa shape index (κ1) is 18.0. The summed E-state index contributed by atoms with van der Waals surface area (Å²) in [4.78, 5) is 1.56. The molecule has 5 heteroatoms. The summed E-state index contributed by atoms with van der Waals surface area (Å²) in [6, 6.07) is 11.8. The van der Waals surface area contributed by atoms with Crippen molar-refractivity contribution >= 4 is 11.0 Å². The van der Waals surface area contributed by atoms with Gasteiger partial charge in [0.1, 0.15) is 22.5 Å². The van der Waals surface area contributed by atoms with Gasteiger partial charge in [0.15, 0.2) is 0 Å². The lowest BCUT2D eigenvalue weighted by molar-refractivity contribution is 0.160. The number of nitrogens with one attached hydrogen (secondary N) is 1. The van der Waals surface area contributed by atoms with E-state index in [0.29, 0.717) is 11.4 Å². The Morgan fingerprint density at radius 1 is 1.00 bits per heavy atom. The predicted molar refractivity (Wildman–Crippen MR) is 109 cm³/mol. The standard InChI is InChI=1S/C22H28N4O/c1-14-10-16(15-12-21(2,3)25-22(4,5)13-15)20(27)19(11-14)26-23-17-8-6-7-9-18(17)24-26/h6-11,15,25,27H,12-13H2,1-5H3. The van der Waals surface area contributed by atoms with Gasteiger partial charge in [-0.3, -0.25) is 0 Å². The molecule has 4 rings (SSSR count). The van der Waals surface area contributed by atoms with Crippen molar-refractivity contribution in [3.8, 4) is 11.4 Å². The first-order valence-corrected chi connectivity index (χ1v) is 9.59. The topological polar surface area (TPSA) is 63.0 Å². The molecule has 1 aromatic heterocycles. The molecule has 1 fully saturated rings. The third kappa shape index (κ3) is 3.44. The minimum absolute atomic E-state index is 0.0153. The summed E-state index contributed by atoms with van der Waals surface area (Å²) in [6.45, 7) is 11.0. The fourth-order valence-corrected chi connectivity index (χ4v) is 4.76. The van der Waals surface area contributed by atoms with E-state index in [4.69, 9.17) is 0 Å². The molecule has 0 spiro atoms. The van der Waals surface area contributed by atoms with Crippen LogP contribution in [0.3, 0.4) is 0 Å². The minimum Gasteiger partial charge on any atom is -0.505 e. The zero-order valence-corrected chi connectivity index (χ0v) is 16.7. The number of rotatable bonds is 2. The second-order valence-corrected chi connectivity index (χ2v) is 9.20. The van der Waals surface area contributed by atoms with Crippen LogP contribution in [0.4, 0.5) is 0 Å². The van der Waals surface area contributed by atoms with Crippen LogP contribution in [0.25, 0.3) is 16.7 Å². The van der Waals surface area contributed by atoms with E-state index in [1.54, 1.807) is 4.80 Å². The molecule has 0 aliphatic carbocycles. The van der Waals surface area contributed by atoms with E-state index in [9.17, 15) is 5.11 Å². The van der Waals surface area contributed by atoms with Crippen LogP contribution in [0.1, 0.15) is 57.6 Å². The maximum absolute atomic E-state index is 11.2.